The fraction of sp³-hybridized carbons (Fsp3) is 0. The average Bonchev–Trinajstić information content (AvgIpc) is 2.56. The number of nitrogens with zero attached hydrogens (tertiary/aromatic N) is 1. The normalized spacial score (nSPS) is 11.1. The summed E-state index contributed by atoms with van der Waals surface area (Å²) in [6.45, 7) is 0. The molecule has 2 N–H and O–H groups in total. The minimum atomic E-state index is -0.465. The number of nitrogens with one attached hydrogen (secondary N) is 1. The highest BCUT2D eigenvalue weighted by molar-refractivity contribution is 6.36. The highest BCUT2D eigenvalue weighted by Crippen LogP contribution is 2.25. The summed E-state index contributed by atoms with van der Waals surface area (Å²) in [7, 11) is 0. The van der Waals surface area contributed by atoms with Crippen LogP contribution in [0.25, 0.3) is 10.8 Å². The van der Waals surface area contributed by atoms with Gasteiger partial charge in [-0.3, -0.25) is 4.79 Å². The van der Waals surface area contributed by atoms with E-state index in [0.717, 1.165) is 10.8 Å². The number of fused-ring (bicyclic) bond motifs is 1. The Hall–Kier alpha value is -2.56. The SMILES string of the molecule is O=C(N/N=C\c1c(O)ccc2ccccc12)c1ccc(Cl)cc1Cl. The second kappa shape index (κ2) is 6.91. The molecule has 1 amide bonds. The van der Waals surface area contributed by atoms with Crippen molar-refractivity contribution in [1.29, 1.82) is 0 Å². The lowest BCUT2D eigenvalue weighted by Gasteiger charge is -2.05. The molecule has 0 radical (unpaired) electrons. The topological polar surface area (TPSA) is 61.7 Å². The number of carbonyl (C=O) groups excluding carboxylic acids is 1. The number of aromatic hydroxyl groups is 1. The molecule has 0 aliphatic rings. The summed E-state index contributed by atoms with van der Waals surface area (Å²) < 4.78 is 0. The number of amides is 1. The first-order chi connectivity index (χ1) is 11.6. The van der Waals surface area contributed by atoms with Crippen LogP contribution in [-0.2, 0) is 0 Å². The fourth-order valence-electron chi connectivity index (χ4n) is 2.31. The third kappa shape index (κ3) is 3.35. The highest BCUT2D eigenvalue weighted by atomic mass is 35.5. The third-order valence-corrected chi connectivity index (χ3v) is 4.03. The Bertz CT molecular complexity index is 955. The monoisotopic (exact) mass is 358 g/mol. The van der Waals surface area contributed by atoms with Crippen LogP contribution in [0.15, 0.2) is 59.7 Å². The van der Waals surface area contributed by atoms with Crippen LogP contribution in [0.3, 0.4) is 0 Å². The average molecular weight is 359 g/mol. The van der Waals surface area contributed by atoms with Gasteiger partial charge in [0.2, 0.25) is 0 Å². The number of rotatable bonds is 3. The van der Waals surface area contributed by atoms with Crippen LogP contribution in [0.5, 0.6) is 5.75 Å². The van der Waals surface area contributed by atoms with Crippen molar-refractivity contribution in [3.05, 3.63) is 75.8 Å². The summed E-state index contributed by atoms with van der Waals surface area (Å²) in [6, 6.07) is 15.5. The molecule has 0 unspecified atom stereocenters. The minimum absolute atomic E-state index is 0.0798. The Kier molecular flexibility index (Phi) is 4.69. The van der Waals surface area contributed by atoms with Gasteiger partial charge in [-0.15, -0.1) is 0 Å². The fourth-order valence-corrected chi connectivity index (χ4v) is 2.80. The number of halogens is 2. The molecule has 3 aromatic carbocycles. The van der Waals surface area contributed by atoms with E-state index in [9.17, 15) is 9.90 Å². The zero-order chi connectivity index (χ0) is 17.1. The number of hydrogen-bond donors (Lipinski definition) is 2. The maximum atomic E-state index is 12.1. The van der Waals surface area contributed by atoms with E-state index in [4.69, 9.17) is 23.2 Å². The summed E-state index contributed by atoms with van der Waals surface area (Å²) >= 11 is 11.8. The maximum absolute atomic E-state index is 12.1. The number of hydrazone groups is 1. The first kappa shape index (κ1) is 16.3. The number of carbonyl (C=O) groups is 1. The van der Waals surface area contributed by atoms with Gasteiger partial charge in [0.05, 0.1) is 16.8 Å². The van der Waals surface area contributed by atoms with Crippen molar-refractivity contribution in [2.45, 2.75) is 0 Å². The standard InChI is InChI=1S/C18H12Cl2N2O2/c19-12-6-7-14(16(20)9-12)18(24)22-21-10-15-13-4-2-1-3-11(13)5-8-17(15)23/h1-10,23H,(H,22,24)/b21-10-. The quantitative estimate of drug-likeness (QED) is 0.530. The molecule has 0 spiro atoms. The minimum Gasteiger partial charge on any atom is -0.507 e. The van der Waals surface area contributed by atoms with E-state index < -0.39 is 5.91 Å². The molecular weight excluding hydrogens is 347 g/mol. The van der Waals surface area contributed by atoms with Crippen molar-refractivity contribution in [1.82, 2.24) is 5.43 Å². The Morgan fingerprint density at radius 1 is 1.08 bits per heavy atom. The third-order valence-electron chi connectivity index (χ3n) is 3.48. The first-order valence-electron chi connectivity index (χ1n) is 7.05. The largest absolute Gasteiger partial charge is 0.507 e. The molecule has 120 valence electrons. The molecule has 24 heavy (non-hydrogen) atoms. The molecule has 0 aliphatic heterocycles. The molecular formula is C18H12Cl2N2O2. The van der Waals surface area contributed by atoms with Crippen molar-refractivity contribution in [2.24, 2.45) is 5.10 Å². The van der Waals surface area contributed by atoms with Gasteiger partial charge in [-0.05, 0) is 35.0 Å². The van der Waals surface area contributed by atoms with Crippen molar-refractivity contribution < 1.29 is 9.90 Å². The van der Waals surface area contributed by atoms with Crippen LogP contribution in [0.4, 0.5) is 0 Å². The lowest BCUT2D eigenvalue weighted by Crippen LogP contribution is -2.18. The molecule has 0 aromatic heterocycles. The van der Waals surface area contributed by atoms with Crippen LogP contribution in [0, 0.1) is 0 Å². The molecule has 0 bridgehead atoms. The van der Waals surface area contributed by atoms with Gasteiger partial charge >= 0.3 is 0 Å². The predicted molar refractivity (Wildman–Crippen MR) is 97.1 cm³/mol. The highest BCUT2D eigenvalue weighted by Gasteiger charge is 2.10. The molecule has 0 fully saturated rings. The molecule has 0 saturated heterocycles. The Morgan fingerprint density at radius 3 is 2.67 bits per heavy atom. The van der Waals surface area contributed by atoms with E-state index in [0.29, 0.717) is 10.6 Å². The summed E-state index contributed by atoms with van der Waals surface area (Å²) in [6.07, 6.45) is 1.40. The van der Waals surface area contributed by atoms with Gasteiger partial charge in [0.25, 0.3) is 5.91 Å². The summed E-state index contributed by atoms with van der Waals surface area (Å²) in [4.78, 5) is 12.1. The van der Waals surface area contributed by atoms with E-state index in [2.05, 4.69) is 10.5 Å². The van der Waals surface area contributed by atoms with E-state index in [-0.39, 0.29) is 16.3 Å². The number of phenols is 1. The van der Waals surface area contributed by atoms with E-state index in [1.807, 2.05) is 30.3 Å². The van der Waals surface area contributed by atoms with Crippen molar-refractivity contribution in [3.63, 3.8) is 0 Å². The Morgan fingerprint density at radius 2 is 1.88 bits per heavy atom. The first-order valence-corrected chi connectivity index (χ1v) is 7.81. The van der Waals surface area contributed by atoms with Gasteiger partial charge in [-0.25, -0.2) is 5.43 Å². The molecule has 4 nitrogen and oxygen atoms in total. The maximum Gasteiger partial charge on any atom is 0.272 e. The number of hydrogen-bond acceptors (Lipinski definition) is 3. The molecule has 3 aromatic rings. The van der Waals surface area contributed by atoms with Gasteiger partial charge in [0, 0.05) is 10.6 Å². The zero-order valence-electron chi connectivity index (χ0n) is 12.3. The predicted octanol–water partition coefficient (Wildman–Crippen LogP) is 4.62. The molecule has 0 heterocycles. The smallest absolute Gasteiger partial charge is 0.272 e. The van der Waals surface area contributed by atoms with E-state index in [1.165, 1.54) is 18.3 Å². The number of benzene rings is 3. The number of phenolic OH excluding ortho intramolecular Hbond substituents is 1. The molecule has 0 aliphatic carbocycles. The summed E-state index contributed by atoms with van der Waals surface area (Å²) in [5.74, 6) is -0.385. The Labute approximate surface area is 148 Å². The van der Waals surface area contributed by atoms with Gasteiger partial charge in [-0.1, -0.05) is 53.5 Å². The van der Waals surface area contributed by atoms with Crippen LogP contribution < -0.4 is 5.43 Å². The lowest BCUT2D eigenvalue weighted by molar-refractivity contribution is 0.0955. The second-order valence-corrected chi connectivity index (χ2v) is 5.89. The zero-order valence-corrected chi connectivity index (χ0v) is 13.8. The van der Waals surface area contributed by atoms with Crippen molar-refractivity contribution >= 4 is 46.1 Å². The van der Waals surface area contributed by atoms with Gasteiger partial charge in [-0.2, -0.15) is 5.10 Å². The van der Waals surface area contributed by atoms with Crippen LogP contribution >= 0.6 is 23.2 Å². The molecule has 0 saturated carbocycles. The summed E-state index contributed by atoms with van der Waals surface area (Å²) in [5.41, 5.74) is 3.18. The van der Waals surface area contributed by atoms with Crippen LogP contribution in [0.2, 0.25) is 10.0 Å². The Balaban J connectivity index is 1.84. The second-order valence-electron chi connectivity index (χ2n) is 5.04. The van der Waals surface area contributed by atoms with Crippen molar-refractivity contribution in [2.75, 3.05) is 0 Å². The van der Waals surface area contributed by atoms with E-state index >= 15 is 0 Å². The molecule has 3 rings (SSSR count). The van der Waals surface area contributed by atoms with Crippen LogP contribution in [-0.4, -0.2) is 17.2 Å². The molecule has 6 heteroatoms. The van der Waals surface area contributed by atoms with Crippen molar-refractivity contribution in [3.8, 4) is 5.75 Å². The summed E-state index contributed by atoms with van der Waals surface area (Å²) in [5, 5.41) is 16.4. The lowest BCUT2D eigenvalue weighted by atomic mass is 10.0. The van der Waals surface area contributed by atoms with E-state index in [1.54, 1.807) is 12.1 Å². The van der Waals surface area contributed by atoms with Gasteiger partial charge < -0.3 is 5.11 Å². The van der Waals surface area contributed by atoms with Gasteiger partial charge in [0.1, 0.15) is 5.75 Å². The van der Waals surface area contributed by atoms with Gasteiger partial charge in [0.15, 0.2) is 0 Å². The van der Waals surface area contributed by atoms with Crippen LogP contribution in [0.1, 0.15) is 15.9 Å². The molecule has 0 atom stereocenters.